The van der Waals surface area contributed by atoms with E-state index in [0.717, 1.165) is 44.4 Å². The Morgan fingerprint density at radius 2 is 2.14 bits per heavy atom. The number of nitrogens with one attached hydrogen (secondary N) is 1. The lowest BCUT2D eigenvalue weighted by molar-refractivity contribution is -0.161. The van der Waals surface area contributed by atoms with E-state index >= 15 is 0 Å². The molecule has 1 heterocycles. The van der Waals surface area contributed by atoms with E-state index in [1.807, 2.05) is 13.1 Å². The van der Waals surface area contributed by atoms with E-state index in [1.54, 1.807) is 0 Å². The zero-order valence-electron chi connectivity index (χ0n) is 12.5. The van der Waals surface area contributed by atoms with Gasteiger partial charge in [0.05, 0.1) is 16.7 Å². The highest BCUT2D eigenvalue weighted by atomic mass is 35.5. The summed E-state index contributed by atoms with van der Waals surface area (Å²) < 4.78 is 11.4. The lowest BCUT2D eigenvalue weighted by Crippen LogP contribution is -2.23. The van der Waals surface area contributed by atoms with Crippen molar-refractivity contribution in [3.05, 3.63) is 33.3 Å². The lowest BCUT2D eigenvalue weighted by atomic mass is 10.0. The predicted octanol–water partition coefficient (Wildman–Crippen LogP) is 3.84. The molecule has 1 aromatic rings. The van der Waals surface area contributed by atoms with Gasteiger partial charge in [-0.15, -0.1) is 0 Å². The van der Waals surface area contributed by atoms with Gasteiger partial charge in [0, 0.05) is 6.61 Å². The first kappa shape index (κ1) is 17.0. The van der Waals surface area contributed by atoms with Crippen LogP contribution in [-0.4, -0.2) is 33.1 Å². The van der Waals surface area contributed by atoms with Crippen molar-refractivity contribution >= 4 is 23.2 Å². The van der Waals surface area contributed by atoms with Gasteiger partial charge in [0.25, 0.3) is 0 Å². The summed E-state index contributed by atoms with van der Waals surface area (Å²) in [6, 6.07) is 3.92. The molecule has 1 N–H and O–H groups in total. The summed E-state index contributed by atoms with van der Waals surface area (Å²) in [4.78, 5) is 0. The van der Waals surface area contributed by atoms with E-state index in [1.165, 1.54) is 12.0 Å². The Kier molecular flexibility index (Phi) is 7.27. The average Bonchev–Trinajstić information content (AvgIpc) is 2.51. The van der Waals surface area contributed by atoms with Crippen molar-refractivity contribution in [2.24, 2.45) is 0 Å². The Balaban J connectivity index is 1.94. The fourth-order valence-corrected chi connectivity index (χ4v) is 2.99. The number of halogens is 2. The summed E-state index contributed by atoms with van der Waals surface area (Å²) >= 11 is 12.5. The molecule has 0 amide bonds. The summed E-state index contributed by atoms with van der Waals surface area (Å²) in [6.07, 6.45) is 4.93. The molecule has 21 heavy (non-hydrogen) atoms. The second-order valence-corrected chi connectivity index (χ2v) is 6.05. The SMILES string of the molecule is CNCCc1ccc(Cl)c(Cl)c1CCOC1CCCCO1. The van der Waals surface area contributed by atoms with E-state index < -0.39 is 0 Å². The number of ether oxygens (including phenoxy) is 2. The van der Waals surface area contributed by atoms with Crippen LogP contribution in [0.3, 0.4) is 0 Å². The van der Waals surface area contributed by atoms with Crippen LogP contribution in [0.15, 0.2) is 12.1 Å². The number of hydrogen-bond donors (Lipinski definition) is 1. The molecule has 1 fully saturated rings. The minimum Gasteiger partial charge on any atom is -0.353 e. The van der Waals surface area contributed by atoms with Crippen molar-refractivity contribution in [3.8, 4) is 0 Å². The number of benzene rings is 1. The van der Waals surface area contributed by atoms with E-state index in [-0.39, 0.29) is 6.29 Å². The summed E-state index contributed by atoms with van der Waals surface area (Å²) in [5.41, 5.74) is 2.32. The maximum absolute atomic E-state index is 6.36. The normalized spacial score (nSPS) is 18.9. The average molecular weight is 332 g/mol. The van der Waals surface area contributed by atoms with Gasteiger partial charge in [-0.1, -0.05) is 29.3 Å². The first-order valence-corrected chi connectivity index (χ1v) is 8.31. The molecule has 1 aliphatic heterocycles. The third-order valence-corrected chi connectivity index (χ3v) is 4.57. The fourth-order valence-electron chi connectivity index (χ4n) is 2.53. The zero-order chi connectivity index (χ0) is 15.1. The van der Waals surface area contributed by atoms with Crippen molar-refractivity contribution < 1.29 is 9.47 Å². The maximum atomic E-state index is 6.36. The second-order valence-electron chi connectivity index (χ2n) is 5.27. The molecule has 118 valence electrons. The number of likely N-dealkylation sites (N-methyl/N-ethyl adjacent to an activating group) is 1. The molecule has 0 aromatic heterocycles. The Bertz CT molecular complexity index is 448. The van der Waals surface area contributed by atoms with Crippen LogP contribution in [0.2, 0.25) is 10.0 Å². The number of hydrogen-bond acceptors (Lipinski definition) is 3. The molecule has 1 unspecified atom stereocenters. The van der Waals surface area contributed by atoms with Crippen molar-refractivity contribution in [2.75, 3.05) is 26.8 Å². The standard InChI is InChI=1S/C16H23Cl2NO2/c1-19-9-7-12-5-6-14(17)16(18)13(12)8-11-21-15-4-2-3-10-20-15/h5-6,15,19H,2-4,7-11H2,1H3. The van der Waals surface area contributed by atoms with Crippen LogP contribution in [0.4, 0.5) is 0 Å². The molecule has 0 bridgehead atoms. The minimum absolute atomic E-state index is 0.0579. The largest absolute Gasteiger partial charge is 0.353 e. The van der Waals surface area contributed by atoms with Crippen LogP contribution in [-0.2, 0) is 22.3 Å². The molecule has 1 aromatic carbocycles. The van der Waals surface area contributed by atoms with Crippen molar-refractivity contribution in [1.82, 2.24) is 5.32 Å². The molecule has 3 nitrogen and oxygen atoms in total. The first-order chi connectivity index (χ1) is 10.2. The molecule has 0 spiro atoms. The molecule has 1 aliphatic rings. The Morgan fingerprint density at radius 3 is 2.86 bits per heavy atom. The van der Waals surface area contributed by atoms with Gasteiger partial charge < -0.3 is 14.8 Å². The molecule has 1 saturated heterocycles. The molecule has 0 saturated carbocycles. The van der Waals surface area contributed by atoms with E-state index in [0.29, 0.717) is 16.7 Å². The van der Waals surface area contributed by atoms with Gasteiger partial charge in [-0.3, -0.25) is 0 Å². The van der Waals surface area contributed by atoms with Gasteiger partial charge in [0.2, 0.25) is 0 Å². The van der Waals surface area contributed by atoms with Gasteiger partial charge in [-0.2, -0.15) is 0 Å². The van der Waals surface area contributed by atoms with E-state index in [2.05, 4.69) is 11.4 Å². The van der Waals surface area contributed by atoms with Gasteiger partial charge in [0.15, 0.2) is 6.29 Å². The highest BCUT2D eigenvalue weighted by Crippen LogP contribution is 2.29. The molecule has 0 aliphatic carbocycles. The summed E-state index contributed by atoms with van der Waals surface area (Å²) in [7, 11) is 1.95. The highest BCUT2D eigenvalue weighted by Gasteiger charge is 2.15. The Labute approximate surface area is 136 Å². The van der Waals surface area contributed by atoms with Crippen molar-refractivity contribution in [3.63, 3.8) is 0 Å². The van der Waals surface area contributed by atoms with E-state index in [9.17, 15) is 0 Å². The highest BCUT2D eigenvalue weighted by molar-refractivity contribution is 6.42. The number of rotatable bonds is 7. The summed E-state index contributed by atoms with van der Waals surface area (Å²) in [5, 5.41) is 4.41. The van der Waals surface area contributed by atoms with Gasteiger partial charge >= 0.3 is 0 Å². The van der Waals surface area contributed by atoms with Crippen LogP contribution in [0.1, 0.15) is 30.4 Å². The Morgan fingerprint density at radius 1 is 1.29 bits per heavy atom. The van der Waals surface area contributed by atoms with Crippen molar-refractivity contribution in [1.29, 1.82) is 0 Å². The van der Waals surface area contributed by atoms with Gasteiger partial charge in [-0.25, -0.2) is 0 Å². The molecule has 5 heteroatoms. The smallest absolute Gasteiger partial charge is 0.157 e. The molecule has 1 atom stereocenters. The van der Waals surface area contributed by atoms with Crippen LogP contribution < -0.4 is 5.32 Å². The molecule has 2 rings (SSSR count). The van der Waals surface area contributed by atoms with Crippen molar-refractivity contribution in [2.45, 2.75) is 38.4 Å². The third kappa shape index (κ3) is 5.11. The molecular formula is C16H23Cl2NO2. The summed E-state index contributed by atoms with van der Waals surface area (Å²) in [5.74, 6) is 0. The zero-order valence-corrected chi connectivity index (χ0v) is 14.0. The lowest BCUT2D eigenvalue weighted by Gasteiger charge is -2.23. The maximum Gasteiger partial charge on any atom is 0.157 e. The third-order valence-electron chi connectivity index (χ3n) is 3.73. The monoisotopic (exact) mass is 331 g/mol. The van der Waals surface area contributed by atoms with Crippen LogP contribution in [0.5, 0.6) is 0 Å². The quantitative estimate of drug-likeness (QED) is 0.823. The fraction of sp³-hybridized carbons (Fsp3) is 0.625. The van der Waals surface area contributed by atoms with E-state index in [4.69, 9.17) is 32.7 Å². The second kappa shape index (κ2) is 8.96. The van der Waals surface area contributed by atoms with Gasteiger partial charge in [0.1, 0.15) is 0 Å². The minimum atomic E-state index is -0.0579. The Hall–Kier alpha value is -0.320. The van der Waals surface area contributed by atoms with Crippen LogP contribution >= 0.6 is 23.2 Å². The van der Waals surface area contributed by atoms with Crippen LogP contribution in [0.25, 0.3) is 0 Å². The predicted molar refractivity (Wildman–Crippen MR) is 87.3 cm³/mol. The first-order valence-electron chi connectivity index (χ1n) is 7.56. The summed E-state index contributed by atoms with van der Waals surface area (Å²) in [6.45, 7) is 2.32. The van der Waals surface area contributed by atoms with Gasteiger partial charge in [-0.05, 0) is 62.9 Å². The molecule has 0 radical (unpaired) electrons. The molecular weight excluding hydrogens is 309 g/mol. The topological polar surface area (TPSA) is 30.5 Å². The van der Waals surface area contributed by atoms with Crippen LogP contribution in [0, 0.1) is 0 Å².